The van der Waals surface area contributed by atoms with Gasteiger partial charge in [0.2, 0.25) is 5.82 Å². The van der Waals surface area contributed by atoms with Crippen molar-refractivity contribution in [2.24, 2.45) is 5.92 Å². The summed E-state index contributed by atoms with van der Waals surface area (Å²) in [6.07, 6.45) is -3.84. The molecule has 4 rings (SSSR count). The number of ether oxygens (including phenoxy) is 2. The SMILES string of the molecule is COc1c([C@H]2[C@H](C(=O)Nc3ccc4c(=O)[nH]ccn34)O[C@@](C)(C(F)(F)F)[C@H]2C)ccc(F)c1F. The molecule has 0 saturated carbocycles. The molecule has 12 heteroatoms. The molecule has 1 aromatic carbocycles. The number of aromatic amines is 1. The summed E-state index contributed by atoms with van der Waals surface area (Å²) in [7, 11) is 1.05. The summed E-state index contributed by atoms with van der Waals surface area (Å²) in [5, 5.41) is 2.48. The van der Waals surface area contributed by atoms with Crippen LogP contribution in [-0.2, 0) is 9.53 Å². The number of hydrogen-bond donors (Lipinski definition) is 2. The molecular weight excluding hydrogens is 465 g/mol. The highest BCUT2D eigenvalue weighted by atomic mass is 19.4. The molecule has 1 fully saturated rings. The Morgan fingerprint density at radius 2 is 1.94 bits per heavy atom. The van der Waals surface area contributed by atoms with Gasteiger partial charge in [0.05, 0.1) is 7.11 Å². The lowest BCUT2D eigenvalue weighted by molar-refractivity contribution is -0.272. The monoisotopic (exact) mass is 485 g/mol. The summed E-state index contributed by atoms with van der Waals surface area (Å²) in [6, 6.07) is 4.65. The number of methoxy groups -OCH3 is 1. The summed E-state index contributed by atoms with van der Waals surface area (Å²) in [5.41, 5.74) is -3.16. The molecule has 1 aliphatic rings. The Morgan fingerprint density at radius 3 is 2.59 bits per heavy atom. The molecule has 7 nitrogen and oxygen atoms in total. The lowest BCUT2D eigenvalue weighted by Gasteiger charge is -2.32. The highest BCUT2D eigenvalue weighted by molar-refractivity contribution is 5.95. The molecule has 0 spiro atoms. The van der Waals surface area contributed by atoms with E-state index in [-0.39, 0.29) is 16.9 Å². The smallest absolute Gasteiger partial charge is 0.417 e. The molecule has 1 amide bonds. The van der Waals surface area contributed by atoms with Gasteiger partial charge in [0, 0.05) is 29.8 Å². The van der Waals surface area contributed by atoms with E-state index >= 15 is 0 Å². The number of alkyl halides is 3. The molecule has 182 valence electrons. The third kappa shape index (κ3) is 3.52. The van der Waals surface area contributed by atoms with Crippen molar-refractivity contribution in [1.82, 2.24) is 9.38 Å². The first-order chi connectivity index (χ1) is 15.9. The Morgan fingerprint density at radius 1 is 1.24 bits per heavy atom. The Labute approximate surface area is 189 Å². The third-order valence-corrected chi connectivity index (χ3v) is 6.41. The van der Waals surface area contributed by atoms with Crippen LogP contribution in [0.2, 0.25) is 0 Å². The second kappa shape index (κ2) is 8.12. The minimum absolute atomic E-state index is 0.110. The molecule has 3 heterocycles. The summed E-state index contributed by atoms with van der Waals surface area (Å²) >= 11 is 0. The minimum Gasteiger partial charge on any atom is -0.493 e. The van der Waals surface area contributed by atoms with E-state index in [1.165, 1.54) is 35.9 Å². The summed E-state index contributed by atoms with van der Waals surface area (Å²) in [4.78, 5) is 27.6. The first-order valence-electron chi connectivity index (χ1n) is 10.2. The van der Waals surface area contributed by atoms with Crippen LogP contribution in [0.15, 0.2) is 41.5 Å². The zero-order chi connectivity index (χ0) is 25.0. The van der Waals surface area contributed by atoms with E-state index in [0.29, 0.717) is 0 Å². The molecular formula is C22H20F5N3O4. The second-order valence-corrected chi connectivity index (χ2v) is 8.19. The van der Waals surface area contributed by atoms with Crippen molar-refractivity contribution < 1.29 is 36.2 Å². The number of carbonyl (C=O) groups is 1. The topological polar surface area (TPSA) is 84.8 Å². The molecule has 1 saturated heterocycles. The number of nitrogens with zero attached hydrogens (tertiary/aromatic N) is 1. The summed E-state index contributed by atoms with van der Waals surface area (Å²) in [5.74, 6) is -6.82. The van der Waals surface area contributed by atoms with Crippen LogP contribution in [0.5, 0.6) is 5.75 Å². The van der Waals surface area contributed by atoms with Gasteiger partial charge in [-0.15, -0.1) is 0 Å². The number of amides is 1. The van der Waals surface area contributed by atoms with Crippen molar-refractivity contribution in [2.75, 3.05) is 12.4 Å². The molecule has 0 unspecified atom stereocenters. The van der Waals surface area contributed by atoms with E-state index in [1.807, 2.05) is 0 Å². The van der Waals surface area contributed by atoms with Crippen molar-refractivity contribution in [2.45, 2.75) is 37.6 Å². The van der Waals surface area contributed by atoms with Gasteiger partial charge in [0.1, 0.15) is 17.4 Å². The van der Waals surface area contributed by atoms with E-state index in [1.54, 1.807) is 0 Å². The van der Waals surface area contributed by atoms with Crippen LogP contribution >= 0.6 is 0 Å². The van der Waals surface area contributed by atoms with Gasteiger partial charge in [0.15, 0.2) is 17.2 Å². The first-order valence-corrected chi connectivity index (χ1v) is 10.2. The second-order valence-electron chi connectivity index (χ2n) is 8.19. The van der Waals surface area contributed by atoms with Crippen molar-refractivity contribution >= 4 is 17.2 Å². The van der Waals surface area contributed by atoms with Crippen molar-refractivity contribution in [3.63, 3.8) is 0 Å². The van der Waals surface area contributed by atoms with E-state index in [0.717, 1.165) is 26.2 Å². The molecule has 2 aromatic heterocycles. The highest BCUT2D eigenvalue weighted by Gasteiger charge is 2.66. The quantitative estimate of drug-likeness (QED) is 0.548. The molecule has 34 heavy (non-hydrogen) atoms. The average Bonchev–Trinajstić information content (AvgIpc) is 3.30. The van der Waals surface area contributed by atoms with Crippen molar-refractivity contribution in [3.8, 4) is 5.75 Å². The zero-order valence-corrected chi connectivity index (χ0v) is 18.2. The number of benzene rings is 1. The predicted octanol–water partition coefficient (Wildman–Crippen LogP) is 3.99. The number of H-pyrrole nitrogens is 1. The number of aromatic nitrogens is 2. The number of anilines is 1. The van der Waals surface area contributed by atoms with Crippen molar-refractivity contribution in [1.29, 1.82) is 0 Å². The fourth-order valence-electron chi connectivity index (χ4n) is 4.39. The fraction of sp³-hybridized carbons (Fsp3) is 0.364. The van der Waals surface area contributed by atoms with E-state index < -0.39 is 58.6 Å². The van der Waals surface area contributed by atoms with Crippen LogP contribution < -0.4 is 15.6 Å². The van der Waals surface area contributed by atoms with Crippen LogP contribution in [0.4, 0.5) is 27.8 Å². The molecule has 4 atom stereocenters. The molecule has 3 aromatic rings. The van der Waals surface area contributed by atoms with E-state index in [9.17, 15) is 31.5 Å². The summed E-state index contributed by atoms with van der Waals surface area (Å²) < 4.78 is 81.8. The molecule has 0 bridgehead atoms. The lowest BCUT2D eigenvalue weighted by Crippen LogP contribution is -2.47. The Hall–Kier alpha value is -3.41. The first kappa shape index (κ1) is 23.7. The molecule has 1 aliphatic heterocycles. The predicted molar refractivity (Wildman–Crippen MR) is 111 cm³/mol. The number of fused-ring (bicyclic) bond motifs is 1. The molecule has 0 aliphatic carbocycles. The van der Waals surface area contributed by atoms with E-state index in [4.69, 9.17) is 9.47 Å². The highest BCUT2D eigenvalue weighted by Crippen LogP contribution is 2.55. The van der Waals surface area contributed by atoms with Crippen LogP contribution in [-0.4, -0.2) is 40.3 Å². The van der Waals surface area contributed by atoms with Crippen molar-refractivity contribution in [3.05, 3.63) is 64.2 Å². The van der Waals surface area contributed by atoms with Crippen LogP contribution in [0, 0.1) is 17.6 Å². The number of carbonyl (C=O) groups excluding carboxylic acids is 1. The lowest BCUT2D eigenvalue weighted by atomic mass is 9.77. The van der Waals surface area contributed by atoms with Gasteiger partial charge in [-0.05, 0) is 25.1 Å². The van der Waals surface area contributed by atoms with Gasteiger partial charge in [0.25, 0.3) is 11.5 Å². The van der Waals surface area contributed by atoms with Gasteiger partial charge >= 0.3 is 6.18 Å². The Kier molecular flexibility index (Phi) is 5.67. The normalized spacial score (nSPS) is 25.0. The Bertz CT molecular complexity index is 1320. The number of halogens is 5. The third-order valence-electron chi connectivity index (χ3n) is 6.41. The maximum Gasteiger partial charge on any atom is 0.417 e. The van der Waals surface area contributed by atoms with Crippen LogP contribution in [0.1, 0.15) is 25.3 Å². The zero-order valence-electron chi connectivity index (χ0n) is 18.2. The minimum atomic E-state index is -4.87. The Balaban J connectivity index is 1.80. The van der Waals surface area contributed by atoms with Gasteiger partial charge < -0.3 is 19.8 Å². The number of nitrogens with one attached hydrogen (secondary N) is 2. The van der Waals surface area contributed by atoms with Gasteiger partial charge in [-0.3, -0.25) is 14.0 Å². The number of hydrogen-bond acceptors (Lipinski definition) is 4. The largest absolute Gasteiger partial charge is 0.493 e. The van der Waals surface area contributed by atoms with Gasteiger partial charge in [-0.1, -0.05) is 13.0 Å². The maximum atomic E-state index is 14.4. The van der Waals surface area contributed by atoms with Gasteiger partial charge in [-0.25, -0.2) is 4.39 Å². The standard InChI is InChI=1S/C22H20F5N3O4/c1-10-15(11-4-5-12(23)16(24)17(11)33-3)18(34-21(10,2)22(25,26)27)20(32)29-14-7-6-13-19(31)28-8-9-30(13)14/h4-10,15,18H,1-3H3,(H,28,31)(H,29,32)/t10-,15-,18+,21+/m0/s1. The molecule has 0 radical (unpaired) electrons. The maximum absolute atomic E-state index is 14.4. The number of rotatable bonds is 4. The van der Waals surface area contributed by atoms with Crippen LogP contribution in [0.25, 0.3) is 5.52 Å². The summed E-state index contributed by atoms with van der Waals surface area (Å²) in [6.45, 7) is 2.02. The fourth-order valence-corrected chi connectivity index (χ4v) is 4.39. The van der Waals surface area contributed by atoms with Crippen LogP contribution in [0.3, 0.4) is 0 Å². The van der Waals surface area contributed by atoms with E-state index in [2.05, 4.69) is 10.3 Å². The van der Waals surface area contributed by atoms with Gasteiger partial charge in [-0.2, -0.15) is 17.6 Å². The average molecular weight is 485 g/mol. The molecule has 2 N–H and O–H groups in total.